The van der Waals surface area contributed by atoms with Gasteiger partial charge in [0.1, 0.15) is 5.75 Å². The molecule has 22 heavy (non-hydrogen) atoms. The SMILES string of the molecule is Cc1cnc(Nc2cc(C(C)(C)C)c(O)cc2C(C)(C)C)s1. The summed E-state index contributed by atoms with van der Waals surface area (Å²) < 4.78 is 0. The Morgan fingerprint density at radius 1 is 1.00 bits per heavy atom. The van der Waals surface area contributed by atoms with Crippen molar-refractivity contribution in [2.45, 2.75) is 59.3 Å². The van der Waals surface area contributed by atoms with Gasteiger partial charge in [0.2, 0.25) is 0 Å². The van der Waals surface area contributed by atoms with Gasteiger partial charge in [-0.1, -0.05) is 41.5 Å². The third-order valence-corrected chi connectivity index (χ3v) is 4.44. The summed E-state index contributed by atoms with van der Waals surface area (Å²) in [4.78, 5) is 5.57. The Balaban J connectivity index is 2.57. The molecule has 4 heteroatoms. The van der Waals surface area contributed by atoms with Crippen molar-refractivity contribution in [3.8, 4) is 5.75 Å². The molecule has 2 aromatic rings. The normalized spacial score (nSPS) is 12.5. The molecule has 0 amide bonds. The number of nitrogens with zero attached hydrogens (tertiary/aromatic N) is 1. The van der Waals surface area contributed by atoms with Crippen LogP contribution in [0.25, 0.3) is 0 Å². The number of aromatic nitrogens is 1. The van der Waals surface area contributed by atoms with E-state index in [1.807, 2.05) is 19.2 Å². The molecular formula is C18H26N2OS. The van der Waals surface area contributed by atoms with Crippen molar-refractivity contribution in [3.63, 3.8) is 0 Å². The highest BCUT2D eigenvalue weighted by Crippen LogP contribution is 2.40. The number of rotatable bonds is 2. The minimum absolute atomic E-state index is 0.0669. The van der Waals surface area contributed by atoms with E-state index in [9.17, 15) is 5.11 Å². The molecule has 0 bridgehead atoms. The lowest BCUT2D eigenvalue weighted by Gasteiger charge is -2.28. The van der Waals surface area contributed by atoms with Crippen LogP contribution in [0.4, 0.5) is 10.8 Å². The molecule has 2 N–H and O–H groups in total. The summed E-state index contributed by atoms with van der Waals surface area (Å²) in [5.41, 5.74) is 2.87. The molecule has 0 aliphatic carbocycles. The highest BCUT2D eigenvalue weighted by molar-refractivity contribution is 7.15. The van der Waals surface area contributed by atoms with Crippen LogP contribution in [0.3, 0.4) is 0 Å². The third kappa shape index (κ3) is 3.61. The predicted molar refractivity (Wildman–Crippen MR) is 95.6 cm³/mol. The number of phenolic OH excluding ortho intramolecular Hbond substituents is 1. The van der Waals surface area contributed by atoms with Crippen LogP contribution in [0.2, 0.25) is 0 Å². The molecule has 0 saturated carbocycles. The number of aromatic hydroxyl groups is 1. The maximum Gasteiger partial charge on any atom is 0.187 e. The van der Waals surface area contributed by atoms with Gasteiger partial charge >= 0.3 is 0 Å². The Hall–Kier alpha value is -1.55. The van der Waals surface area contributed by atoms with Gasteiger partial charge in [0, 0.05) is 22.3 Å². The zero-order valence-electron chi connectivity index (χ0n) is 14.5. The van der Waals surface area contributed by atoms with Gasteiger partial charge in [0.05, 0.1) is 0 Å². The fourth-order valence-corrected chi connectivity index (χ4v) is 3.12. The van der Waals surface area contributed by atoms with Gasteiger partial charge in [-0.15, -0.1) is 11.3 Å². The lowest BCUT2D eigenvalue weighted by atomic mass is 9.80. The number of anilines is 2. The van der Waals surface area contributed by atoms with E-state index in [4.69, 9.17) is 0 Å². The van der Waals surface area contributed by atoms with Crippen LogP contribution in [-0.2, 0) is 10.8 Å². The monoisotopic (exact) mass is 318 g/mol. The van der Waals surface area contributed by atoms with Crippen molar-refractivity contribution in [2.75, 3.05) is 5.32 Å². The Bertz CT molecular complexity index is 675. The fourth-order valence-electron chi connectivity index (χ4n) is 2.44. The second-order valence-corrected chi connectivity index (χ2v) is 9.05. The van der Waals surface area contributed by atoms with Crippen LogP contribution in [0.5, 0.6) is 5.75 Å². The third-order valence-electron chi connectivity index (χ3n) is 3.61. The van der Waals surface area contributed by atoms with E-state index >= 15 is 0 Å². The number of nitrogens with one attached hydrogen (secondary N) is 1. The Morgan fingerprint density at radius 3 is 2.05 bits per heavy atom. The van der Waals surface area contributed by atoms with Crippen LogP contribution in [-0.4, -0.2) is 10.1 Å². The summed E-state index contributed by atoms with van der Waals surface area (Å²) in [6, 6.07) is 3.95. The van der Waals surface area contributed by atoms with E-state index in [-0.39, 0.29) is 10.8 Å². The van der Waals surface area contributed by atoms with E-state index in [0.29, 0.717) is 5.75 Å². The van der Waals surface area contributed by atoms with Gasteiger partial charge < -0.3 is 10.4 Å². The second-order valence-electron chi connectivity index (χ2n) is 7.82. The molecule has 1 heterocycles. The standard InChI is InChI=1S/C18H26N2OS/c1-11-10-19-16(22-11)20-14-8-13(18(5,6)7)15(21)9-12(14)17(2,3)4/h8-10,21H,1-7H3,(H,19,20). The number of phenols is 1. The zero-order valence-corrected chi connectivity index (χ0v) is 15.4. The summed E-state index contributed by atoms with van der Waals surface area (Å²) >= 11 is 1.63. The van der Waals surface area contributed by atoms with Gasteiger partial charge in [0.25, 0.3) is 0 Å². The van der Waals surface area contributed by atoms with E-state index < -0.39 is 0 Å². The number of hydrogen-bond acceptors (Lipinski definition) is 4. The Kier molecular flexibility index (Phi) is 4.26. The van der Waals surface area contributed by atoms with Gasteiger partial charge in [-0.05, 0) is 35.4 Å². The molecule has 1 aromatic heterocycles. The molecule has 2 rings (SSSR count). The number of benzene rings is 1. The molecule has 1 aromatic carbocycles. The van der Waals surface area contributed by atoms with Crippen LogP contribution in [0, 0.1) is 6.92 Å². The average molecular weight is 318 g/mol. The Labute approximate surface area is 137 Å². The van der Waals surface area contributed by atoms with Gasteiger partial charge in [-0.2, -0.15) is 0 Å². The second kappa shape index (κ2) is 5.58. The van der Waals surface area contributed by atoms with E-state index in [2.05, 4.69) is 57.9 Å². The molecular weight excluding hydrogens is 292 g/mol. The molecule has 0 unspecified atom stereocenters. The van der Waals surface area contributed by atoms with Crippen molar-refractivity contribution < 1.29 is 5.11 Å². The van der Waals surface area contributed by atoms with Crippen molar-refractivity contribution in [2.24, 2.45) is 0 Å². The van der Waals surface area contributed by atoms with Crippen molar-refractivity contribution in [1.82, 2.24) is 4.98 Å². The molecule has 0 fully saturated rings. The van der Waals surface area contributed by atoms with Gasteiger partial charge in [-0.3, -0.25) is 0 Å². The largest absolute Gasteiger partial charge is 0.508 e. The van der Waals surface area contributed by atoms with Crippen LogP contribution in [0.1, 0.15) is 57.5 Å². The summed E-state index contributed by atoms with van der Waals surface area (Å²) in [6.07, 6.45) is 1.87. The smallest absolute Gasteiger partial charge is 0.187 e. The highest BCUT2D eigenvalue weighted by Gasteiger charge is 2.25. The minimum Gasteiger partial charge on any atom is -0.508 e. The summed E-state index contributed by atoms with van der Waals surface area (Å²) in [7, 11) is 0. The molecule has 0 spiro atoms. The first-order chi connectivity index (χ1) is 9.98. The highest BCUT2D eigenvalue weighted by atomic mass is 32.1. The maximum absolute atomic E-state index is 10.4. The first-order valence-corrected chi connectivity index (χ1v) is 8.37. The first kappa shape index (κ1) is 16.8. The fraction of sp³-hybridized carbons (Fsp3) is 0.500. The van der Waals surface area contributed by atoms with E-state index in [0.717, 1.165) is 21.9 Å². The first-order valence-electron chi connectivity index (χ1n) is 7.56. The average Bonchev–Trinajstić information content (AvgIpc) is 2.74. The van der Waals surface area contributed by atoms with Crippen molar-refractivity contribution in [1.29, 1.82) is 0 Å². The summed E-state index contributed by atoms with van der Waals surface area (Å²) in [6.45, 7) is 14.8. The molecule has 0 saturated heterocycles. The molecule has 0 aliphatic heterocycles. The van der Waals surface area contributed by atoms with Crippen LogP contribution >= 0.6 is 11.3 Å². The topological polar surface area (TPSA) is 45.2 Å². The van der Waals surface area contributed by atoms with E-state index in [1.54, 1.807) is 11.3 Å². The predicted octanol–water partition coefficient (Wildman–Crippen LogP) is 5.50. The molecule has 120 valence electrons. The summed E-state index contributed by atoms with van der Waals surface area (Å²) in [5, 5.41) is 14.8. The quantitative estimate of drug-likeness (QED) is 0.719. The lowest BCUT2D eigenvalue weighted by molar-refractivity contribution is 0.443. The van der Waals surface area contributed by atoms with Gasteiger partial charge in [0.15, 0.2) is 5.13 Å². The molecule has 0 aliphatic rings. The zero-order chi connectivity index (χ0) is 16.7. The van der Waals surface area contributed by atoms with Crippen LogP contribution < -0.4 is 5.32 Å². The van der Waals surface area contributed by atoms with Crippen LogP contribution in [0.15, 0.2) is 18.3 Å². The molecule has 0 radical (unpaired) electrons. The maximum atomic E-state index is 10.4. The Morgan fingerprint density at radius 2 is 1.59 bits per heavy atom. The number of hydrogen-bond donors (Lipinski definition) is 2. The van der Waals surface area contributed by atoms with Gasteiger partial charge in [-0.25, -0.2) is 4.98 Å². The number of aryl methyl sites for hydroxylation is 1. The minimum atomic E-state index is -0.115. The number of thiazole rings is 1. The van der Waals surface area contributed by atoms with Crippen molar-refractivity contribution in [3.05, 3.63) is 34.3 Å². The summed E-state index contributed by atoms with van der Waals surface area (Å²) in [5.74, 6) is 0.360. The molecule has 0 atom stereocenters. The van der Waals surface area contributed by atoms with E-state index in [1.165, 1.54) is 4.88 Å². The molecule has 3 nitrogen and oxygen atoms in total. The lowest BCUT2D eigenvalue weighted by Crippen LogP contribution is -2.17. The van der Waals surface area contributed by atoms with Crippen molar-refractivity contribution >= 4 is 22.2 Å².